The average molecular weight is 224 g/mol. The largest absolute Gasteiger partial charge is 0.508 e. The van der Waals surface area contributed by atoms with Crippen molar-refractivity contribution in [1.82, 2.24) is 0 Å². The molecule has 0 radical (unpaired) electrons. The zero-order valence-electron chi connectivity index (χ0n) is 8.54. The first-order valence-electron chi connectivity index (χ1n) is 4.35. The minimum absolute atomic E-state index is 0.0288. The fourth-order valence-corrected chi connectivity index (χ4v) is 0.653. The number of phenols is 1. The predicted octanol–water partition coefficient (Wildman–Crippen LogP) is 1.59. The number of para-hydroxylation sites is 1. The maximum absolute atomic E-state index is 10.2. The summed E-state index contributed by atoms with van der Waals surface area (Å²) in [6, 6.07) is 8.71. The summed E-state index contributed by atoms with van der Waals surface area (Å²) in [5.41, 5.74) is 0. The van der Waals surface area contributed by atoms with E-state index >= 15 is 0 Å². The van der Waals surface area contributed by atoms with Crippen molar-refractivity contribution >= 4 is 12.4 Å². The maximum atomic E-state index is 10.2. The summed E-state index contributed by atoms with van der Waals surface area (Å²) >= 11 is 0. The van der Waals surface area contributed by atoms with Crippen molar-refractivity contribution in [2.24, 2.45) is 0 Å². The highest BCUT2D eigenvalue weighted by molar-refractivity contribution is 5.70. The molecule has 16 heavy (non-hydrogen) atoms. The van der Waals surface area contributed by atoms with E-state index in [2.05, 4.69) is 16.4 Å². The van der Waals surface area contributed by atoms with Crippen LogP contribution in [0, 0.1) is 0 Å². The van der Waals surface area contributed by atoms with E-state index in [1.165, 1.54) is 6.08 Å². The van der Waals surface area contributed by atoms with E-state index in [4.69, 9.17) is 5.11 Å². The van der Waals surface area contributed by atoms with Gasteiger partial charge in [0.2, 0.25) is 0 Å². The van der Waals surface area contributed by atoms with Crippen LogP contribution in [0.1, 0.15) is 6.42 Å². The highest BCUT2D eigenvalue weighted by atomic mass is 17.2. The molecule has 0 saturated carbocycles. The monoisotopic (exact) mass is 224 g/mol. The number of benzene rings is 1. The first kappa shape index (κ1) is 13.7. The molecule has 0 saturated heterocycles. The van der Waals surface area contributed by atoms with Gasteiger partial charge in [0.1, 0.15) is 5.75 Å². The Labute approximate surface area is 92.8 Å². The van der Waals surface area contributed by atoms with Gasteiger partial charge in [-0.1, -0.05) is 24.3 Å². The SMILES string of the molecule is C=CCC(=O)OOC=O.Oc1ccccc1. The van der Waals surface area contributed by atoms with Gasteiger partial charge >= 0.3 is 12.4 Å². The summed E-state index contributed by atoms with van der Waals surface area (Å²) in [5.74, 6) is -0.320. The van der Waals surface area contributed by atoms with Gasteiger partial charge < -0.3 is 5.11 Å². The van der Waals surface area contributed by atoms with Gasteiger partial charge in [-0.3, -0.25) is 9.68 Å². The smallest absolute Gasteiger partial charge is 0.359 e. The molecule has 1 aromatic carbocycles. The van der Waals surface area contributed by atoms with E-state index in [-0.39, 0.29) is 12.9 Å². The van der Waals surface area contributed by atoms with Crippen molar-refractivity contribution in [2.45, 2.75) is 6.42 Å². The van der Waals surface area contributed by atoms with Crippen molar-refractivity contribution in [1.29, 1.82) is 0 Å². The molecule has 0 amide bonds. The summed E-state index contributed by atoms with van der Waals surface area (Å²) in [6.45, 7) is 3.29. The van der Waals surface area contributed by atoms with Crippen molar-refractivity contribution in [3.05, 3.63) is 43.0 Å². The topological polar surface area (TPSA) is 72.8 Å². The molecule has 0 aliphatic heterocycles. The lowest BCUT2D eigenvalue weighted by Gasteiger charge is -1.92. The lowest BCUT2D eigenvalue weighted by Crippen LogP contribution is -2.02. The predicted molar refractivity (Wildman–Crippen MR) is 56.2 cm³/mol. The number of hydrogen-bond donors (Lipinski definition) is 1. The number of carbonyl (C=O) groups is 2. The summed E-state index contributed by atoms with van der Waals surface area (Å²) in [7, 11) is 0. The third kappa shape index (κ3) is 8.31. The Hall–Kier alpha value is -2.30. The molecule has 5 nitrogen and oxygen atoms in total. The molecule has 0 unspecified atom stereocenters. The Morgan fingerprint density at radius 3 is 2.38 bits per heavy atom. The van der Waals surface area contributed by atoms with Gasteiger partial charge in [0, 0.05) is 0 Å². The molecule has 0 aliphatic carbocycles. The van der Waals surface area contributed by atoms with Crippen molar-refractivity contribution in [2.75, 3.05) is 0 Å². The minimum Gasteiger partial charge on any atom is -0.508 e. The number of phenolic OH excluding ortho intramolecular Hbond substituents is 1. The molecule has 0 atom stereocenters. The van der Waals surface area contributed by atoms with Gasteiger partial charge in [0.15, 0.2) is 0 Å². The van der Waals surface area contributed by atoms with E-state index in [0.717, 1.165) is 0 Å². The molecule has 0 fully saturated rings. The first-order chi connectivity index (χ1) is 7.70. The first-order valence-corrected chi connectivity index (χ1v) is 4.35. The zero-order valence-corrected chi connectivity index (χ0v) is 8.54. The molecule has 0 bridgehead atoms. The fraction of sp³-hybridized carbons (Fsp3) is 0.0909. The van der Waals surface area contributed by atoms with E-state index in [1.807, 2.05) is 6.07 Å². The Balaban J connectivity index is 0.000000288. The molecule has 0 heterocycles. The van der Waals surface area contributed by atoms with Crippen molar-refractivity contribution in [3.8, 4) is 5.75 Å². The Kier molecular flexibility index (Phi) is 7.93. The minimum atomic E-state index is -0.642. The van der Waals surface area contributed by atoms with Crippen LogP contribution >= 0.6 is 0 Å². The van der Waals surface area contributed by atoms with E-state index in [0.29, 0.717) is 5.75 Å². The Morgan fingerprint density at radius 2 is 2.00 bits per heavy atom. The molecule has 0 aromatic heterocycles. The fourth-order valence-electron chi connectivity index (χ4n) is 0.653. The number of hydrogen-bond acceptors (Lipinski definition) is 5. The van der Waals surface area contributed by atoms with Gasteiger partial charge in [-0.15, -0.1) is 6.58 Å². The molecular weight excluding hydrogens is 212 g/mol. The van der Waals surface area contributed by atoms with Crippen LogP contribution in [-0.2, 0) is 19.4 Å². The van der Waals surface area contributed by atoms with Crippen LogP contribution in [0.15, 0.2) is 43.0 Å². The molecule has 0 aliphatic rings. The zero-order chi connectivity index (χ0) is 12.2. The summed E-state index contributed by atoms with van der Waals surface area (Å²) < 4.78 is 0. The highest BCUT2D eigenvalue weighted by Crippen LogP contribution is 2.02. The Morgan fingerprint density at radius 1 is 1.38 bits per heavy atom. The second-order valence-electron chi connectivity index (χ2n) is 2.48. The summed E-state index contributed by atoms with van der Waals surface area (Å²) in [5, 5.41) is 8.63. The Bertz CT molecular complexity index is 320. The lowest BCUT2D eigenvalue weighted by atomic mass is 10.3. The number of aromatic hydroxyl groups is 1. The van der Waals surface area contributed by atoms with Crippen LogP contribution in [0.2, 0.25) is 0 Å². The average Bonchev–Trinajstić information content (AvgIpc) is 2.29. The number of carbonyl (C=O) groups excluding carboxylic acids is 2. The van der Waals surface area contributed by atoms with E-state index in [1.54, 1.807) is 24.3 Å². The molecule has 0 spiro atoms. The highest BCUT2D eigenvalue weighted by Gasteiger charge is 1.97. The molecule has 86 valence electrons. The second-order valence-corrected chi connectivity index (χ2v) is 2.48. The molecule has 1 N–H and O–H groups in total. The lowest BCUT2D eigenvalue weighted by molar-refractivity contribution is -0.247. The number of rotatable bonds is 4. The van der Waals surface area contributed by atoms with Crippen LogP contribution in [0.25, 0.3) is 0 Å². The third-order valence-corrected chi connectivity index (χ3v) is 1.25. The van der Waals surface area contributed by atoms with Gasteiger partial charge in [-0.2, -0.15) is 0 Å². The third-order valence-electron chi connectivity index (χ3n) is 1.25. The van der Waals surface area contributed by atoms with Crippen LogP contribution in [0.4, 0.5) is 0 Å². The van der Waals surface area contributed by atoms with Gasteiger partial charge in [-0.05, 0) is 12.1 Å². The summed E-state index contributed by atoms with van der Waals surface area (Å²) in [4.78, 5) is 27.1. The normalized spacial score (nSPS) is 8.00. The quantitative estimate of drug-likeness (QED) is 0.364. The maximum Gasteiger partial charge on any atom is 0.359 e. The molecule has 1 rings (SSSR count). The molecular formula is C11H12O5. The molecule has 1 aromatic rings. The van der Waals surface area contributed by atoms with E-state index < -0.39 is 5.97 Å². The van der Waals surface area contributed by atoms with Crippen LogP contribution in [0.5, 0.6) is 5.75 Å². The standard InChI is InChI=1S/C6H6O.C5H6O4/c7-6-4-2-1-3-5-6;1-2-3-5(7)9-8-4-6/h1-5,7H;2,4H,1,3H2. The van der Waals surface area contributed by atoms with E-state index in [9.17, 15) is 9.59 Å². The van der Waals surface area contributed by atoms with Crippen LogP contribution in [-0.4, -0.2) is 17.5 Å². The van der Waals surface area contributed by atoms with Crippen LogP contribution in [0.3, 0.4) is 0 Å². The van der Waals surface area contributed by atoms with Gasteiger partial charge in [0.25, 0.3) is 0 Å². The van der Waals surface area contributed by atoms with Gasteiger partial charge in [-0.25, -0.2) is 9.68 Å². The summed E-state index contributed by atoms with van der Waals surface area (Å²) in [6.07, 6.45) is 1.38. The van der Waals surface area contributed by atoms with Crippen LogP contribution < -0.4 is 0 Å². The van der Waals surface area contributed by atoms with Crippen molar-refractivity contribution < 1.29 is 24.5 Å². The second kappa shape index (κ2) is 9.26. The molecule has 5 heteroatoms. The van der Waals surface area contributed by atoms with Crippen molar-refractivity contribution in [3.63, 3.8) is 0 Å². The van der Waals surface area contributed by atoms with Gasteiger partial charge in [0.05, 0.1) is 6.42 Å².